The molecule has 2 amide bonds. The monoisotopic (exact) mass is 536 g/mol. The molecule has 0 unspecified atom stereocenters. The predicted molar refractivity (Wildman–Crippen MR) is 148 cm³/mol. The molecule has 4 nitrogen and oxygen atoms in total. The van der Waals surface area contributed by atoms with Crippen molar-refractivity contribution in [3.63, 3.8) is 0 Å². The summed E-state index contributed by atoms with van der Waals surface area (Å²) in [5.41, 5.74) is 2.52. The van der Waals surface area contributed by atoms with E-state index in [-0.39, 0.29) is 24.4 Å². The Bertz CT molecular complexity index is 1430. The third-order valence-corrected chi connectivity index (χ3v) is 8.21. The summed E-state index contributed by atoms with van der Waals surface area (Å²) < 4.78 is 0. The van der Waals surface area contributed by atoms with Gasteiger partial charge in [-0.2, -0.15) is 0 Å². The Hall–Kier alpha value is -2.86. The van der Waals surface area contributed by atoms with Gasteiger partial charge in [-0.1, -0.05) is 66.5 Å². The van der Waals surface area contributed by atoms with Crippen molar-refractivity contribution in [1.82, 2.24) is 9.80 Å². The van der Waals surface area contributed by atoms with Crippen molar-refractivity contribution >= 4 is 57.1 Å². The molecule has 0 radical (unpaired) electrons. The van der Waals surface area contributed by atoms with E-state index in [2.05, 4.69) is 11.4 Å². The summed E-state index contributed by atoms with van der Waals surface area (Å²) >= 11 is 14.5. The molecule has 0 saturated carbocycles. The Morgan fingerprint density at radius 3 is 2.58 bits per heavy atom. The first-order chi connectivity index (χ1) is 17.5. The number of thiophene rings is 1. The van der Waals surface area contributed by atoms with Gasteiger partial charge >= 0.3 is 0 Å². The topological polar surface area (TPSA) is 40.6 Å². The molecule has 1 aliphatic rings. The van der Waals surface area contributed by atoms with Gasteiger partial charge in [0.05, 0.1) is 6.04 Å². The smallest absolute Gasteiger partial charge is 0.254 e. The van der Waals surface area contributed by atoms with E-state index in [1.54, 1.807) is 28.4 Å². The van der Waals surface area contributed by atoms with Gasteiger partial charge < -0.3 is 9.80 Å². The summed E-state index contributed by atoms with van der Waals surface area (Å²) in [6.45, 7) is 3.10. The Kier molecular flexibility index (Phi) is 7.33. The summed E-state index contributed by atoms with van der Waals surface area (Å²) in [6.07, 6.45) is 1.54. The Labute approximate surface area is 225 Å². The van der Waals surface area contributed by atoms with Crippen LogP contribution in [-0.4, -0.2) is 41.2 Å². The van der Waals surface area contributed by atoms with E-state index in [4.69, 9.17) is 23.2 Å². The lowest BCUT2D eigenvalue weighted by Gasteiger charge is -2.38. The fourth-order valence-electron chi connectivity index (χ4n) is 4.93. The largest absolute Gasteiger partial charge is 0.330 e. The Morgan fingerprint density at radius 2 is 1.81 bits per heavy atom. The van der Waals surface area contributed by atoms with Crippen LogP contribution < -0.4 is 0 Å². The van der Waals surface area contributed by atoms with Crippen molar-refractivity contribution in [3.05, 3.63) is 104 Å². The SMILES string of the molecule is CCCN(CC(=O)N1CCc2sccc2[C@@H]1c1ccc(Cl)cc1Cl)C(=O)c1ccc2ccccc2c1. The highest BCUT2D eigenvalue weighted by molar-refractivity contribution is 7.10. The molecule has 3 aromatic carbocycles. The summed E-state index contributed by atoms with van der Waals surface area (Å²) in [5.74, 6) is -0.226. The van der Waals surface area contributed by atoms with Gasteiger partial charge in [0.15, 0.2) is 0 Å². The van der Waals surface area contributed by atoms with E-state index in [1.165, 1.54) is 4.88 Å². The number of nitrogens with zero attached hydrogens (tertiary/aromatic N) is 2. The van der Waals surface area contributed by atoms with Gasteiger partial charge in [-0.25, -0.2) is 0 Å². The van der Waals surface area contributed by atoms with Gasteiger partial charge in [0.2, 0.25) is 5.91 Å². The van der Waals surface area contributed by atoms with Gasteiger partial charge in [0, 0.05) is 33.6 Å². The van der Waals surface area contributed by atoms with Gasteiger partial charge in [-0.15, -0.1) is 11.3 Å². The van der Waals surface area contributed by atoms with Crippen LogP contribution in [0.4, 0.5) is 0 Å². The molecule has 0 aliphatic carbocycles. The van der Waals surface area contributed by atoms with Gasteiger partial charge in [0.25, 0.3) is 5.91 Å². The van der Waals surface area contributed by atoms with Crippen molar-refractivity contribution in [2.75, 3.05) is 19.6 Å². The average Bonchev–Trinajstić information content (AvgIpc) is 3.36. The molecular formula is C29H26Cl2N2O2S. The summed E-state index contributed by atoms with van der Waals surface area (Å²) in [6, 6.07) is 20.8. The molecule has 2 heterocycles. The number of hydrogen-bond acceptors (Lipinski definition) is 3. The van der Waals surface area contributed by atoms with Gasteiger partial charge in [0.1, 0.15) is 6.54 Å². The number of carbonyl (C=O) groups is 2. The predicted octanol–water partition coefficient (Wildman–Crippen LogP) is 7.23. The molecule has 0 saturated heterocycles. The molecule has 0 N–H and O–H groups in total. The van der Waals surface area contributed by atoms with Crippen molar-refractivity contribution in [2.24, 2.45) is 0 Å². The first-order valence-corrected chi connectivity index (χ1v) is 13.7. The number of hydrogen-bond donors (Lipinski definition) is 0. The quantitative estimate of drug-likeness (QED) is 0.260. The lowest BCUT2D eigenvalue weighted by Crippen LogP contribution is -2.47. The number of fused-ring (bicyclic) bond motifs is 2. The number of halogens is 2. The van der Waals surface area contributed by atoms with Crippen molar-refractivity contribution in [2.45, 2.75) is 25.8 Å². The minimum atomic E-state index is -0.309. The van der Waals surface area contributed by atoms with Crippen LogP contribution in [0.15, 0.2) is 72.1 Å². The fraction of sp³-hybridized carbons (Fsp3) is 0.241. The fourth-order valence-corrected chi connectivity index (χ4v) is 6.34. The molecule has 7 heteroatoms. The maximum Gasteiger partial charge on any atom is 0.254 e. The molecule has 1 atom stereocenters. The first-order valence-electron chi connectivity index (χ1n) is 12.0. The Balaban J connectivity index is 1.44. The highest BCUT2D eigenvalue weighted by Crippen LogP contribution is 2.41. The van der Waals surface area contributed by atoms with Crippen LogP contribution in [0.3, 0.4) is 0 Å². The van der Waals surface area contributed by atoms with Crippen LogP contribution >= 0.6 is 34.5 Å². The molecular weight excluding hydrogens is 511 g/mol. The molecule has 184 valence electrons. The zero-order valence-corrected chi connectivity index (χ0v) is 22.2. The van der Waals surface area contributed by atoms with Gasteiger partial charge in [-0.3, -0.25) is 9.59 Å². The lowest BCUT2D eigenvalue weighted by molar-refractivity contribution is -0.134. The summed E-state index contributed by atoms with van der Waals surface area (Å²) in [7, 11) is 0. The minimum Gasteiger partial charge on any atom is -0.330 e. The third-order valence-electron chi connectivity index (χ3n) is 6.65. The average molecular weight is 538 g/mol. The summed E-state index contributed by atoms with van der Waals surface area (Å²) in [5, 5.41) is 5.22. The summed E-state index contributed by atoms with van der Waals surface area (Å²) in [4.78, 5) is 32.1. The number of carbonyl (C=O) groups excluding carboxylic acids is 2. The van der Waals surface area contributed by atoms with Crippen LogP contribution in [0.5, 0.6) is 0 Å². The second-order valence-corrected chi connectivity index (χ2v) is 10.8. The molecule has 1 aliphatic heterocycles. The van der Waals surface area contributed by atoms with E-state index in [9.17, 15) is 9.59 Å². The van der Waals surface area contributed by atoms with E-state index >= 15 is 0 Å². The number of rotatable bonds is 6. The highest BCUT2D eigenvalue weighted by atomic mass is 35.5. The maximum absolute atomic E-state index is 13.8. The minimum absolute atomic E-state index is 0.0146. The maximum atomic E-state index is 13.8. The molecule has 1 aromatic heterocycles. The van der Waals surface area contributed by atoms with E-state index in [0.29, 0.717) is 28.7 Å². The van der Waals surface area contributed by atoms with Crippen molar-refractivity contribution in [1.29, 1.82) is 0 Å². The molecule has 4 aromatic rings. The lowest BCUT2D eigenvalue weighted by atomic mass is 9.93. The van der Waals surface area contributed by atoms with Crippen LogP contribution in [0.2, 0.25) is 10.0 Å². The molecule has 36 heavy (non-hydrogen) atoms. The molecule has 0 spiro atoms. The van der Waals surface area contributed by atoms with Crippen LogP contribution in [0.1, 0.15) is 45.7 Å². The third kappa shape index (κ3) is 4.88. The van der Waals surface area contributed by atoms with Crippen LogP contribution in [-0.2, 0) is 11.2 Å². The van der Waals surface area contributed by atoms with Gasteiger partial charge in [-0.05, 0) is 70.5 Å². The molecule has 0 bridgehead atoms. The Morgan fingerprint density at radius 1 is 1.00 bits per heavy atom. The van der Waals surface area contributed by atoms with Crippen molar-refractivity contribution < 1.29 is 9.59 Å². The number of benzene rings is 3. The molecule has 5 rings (SSSR count). The first kappa shape index (κ1) is 24.8. The highest BCUT2D eigenvalue weighted by Gasteiger charge is 2.35. The molecule has 0 fully saturated rings. The standard InChI is InChI=1S/C29H26Cl2N2O2S/c1-2-13-32(29(35)21-8-7-19-5-3-4-6-20(19)16-21)18-27(34)33-14-11-26-24(12-15-36-26)28(33)23-10-9-22(30)17-25(23)31/h3-10,12,15-17,28H,2,11,13-14,18H2,1H3/t28-/m0/s1. The van der Waals surface area contributed by atoms with Crippen molar-refractivity contribution in [3.8, 4) is 0 Å². The van der Waals surface area contributed by atoms with E-state index in [1.807, 2.05) is 60.4 Å². The van der Waals surface area contributed by atoms with E-state index in [0.717, 1.165) is 34.7 Å². The zero-order chi connectivity index (χ0) is 25.2. The normalized spacial score (nSPS) is 15.1. The van der Waals surface area contributed by atoms with Crippen LogP contribution in [0.25, 0.3) is 10.8 Å². The van der Waals surface area contributed by atoms with E-state index < -0.39 is 0 Å². The van der Waals surface area contributed by atoms with Crippen LogP contribution in [0, 0.1) is 0 Å². The zero-order valence-electron chi connectivity index (χ0n) is 19.9. The number of amides is 2. The second kappa shape index (κ2) is 10.6. The second-order valence-electron chi connectivity index (χ2n) is 8.99.